The van der Waals surface area contributed by atoms with Gasteiger partial charge in [-0.1, -0.05) is 18.2 Å². The van der Waals surface area contributed by atoms with Crippen molar-refractivity contribution in [3.05, 3.63) is 82.4 Å². The molecule has 0 atom stereocenters. The van der Waals surface area contributed by atoms with E-state index in [2.05, 4.69) is 45.1 Å². The quantitative estimate of drug-likeness (QED) is 0.515. The average molecular weight is 432 g/mol. The summed E-state index contributed by atoms with van der Waals surface area (Å²) in [5.41, 5.74) is 2.58. The predicted molar refractivity (Wildman–Crippen MR) is 127 cm³/mol. The zero-order valence-electron chi connectivity index (χ0n) is 18.1. The number of hydrogen-bond acceptors (Lipinski definition) is 4. The monoisotopic (exact) mass is 431 g/mol. The van der Waals surface area contributed by atoms with Crippen LogP contribution in [0.1, 0.15) is 5.56 Å². The Balaban J connectivity index is 1.28. The van der Waals surface area contributed by atoms with Crippen molar-refractivity contribution >= 4 is 27.4 Å². The number of ether oxygens (including phenoxy) is 1. The highest BCUT2D eigenvalue weighted by Gasteiger charge is 2.19. The predicted octanol–water partition coefficient (Wildman–Crippen LogP) is 4.19. The Hall–Kier alpha value is -3.38. The van der Waals surface area contributed by atoms with Crippen molar-refractivity contribution in [2.24, 2.45) is 0 Å². The van der Waals surface area contributed by atoms with Crippen molar-refractivity contribution in [1.82, 2.24) is 9.88 Å². The zero-order chi connectivity index (χ0) is 22.1. The van der Waals surface area contributed by atoms with E-state index in [1.165, 1.54) is 28.6 Å². The van der Waals surface area contributed by atoms with Gasteiger partial charge in [0.1, 0.15) is 11.6 Å². The molecule has 0 saturated carbocycles. The lowest BCUT2D eigenvalue weighted by Crippen LogP contribution is -2.47. The van der Waals surface area contributed by atoms with Gasteiger partial charge in [0.05, 0.1) is 12.6 Å². The second-order valence-corrected chi connectivity index (χ2v) is 8.29. The summed E-state index contributed by atoms with van der Waals surface area (Å²) in [4.78, 5) is 19.6. The van der Waals surface area contributed by atoms with Crippen LogP contribution in [0.25, 0.3) is 21.7 Å². The molecule has 2 heterocycles. The summed E-state index contributed by atoms with van der Waals surface area (Å²) in [6.07, 6.45) is 0.761. The molecule has 1 aromatic heterocycles. The smallest absolute Gasteiger partial charge is 0.248 e. The van der Waals surface area contributed by atoms with Crippen molar-refractivity contribution in [3.63, 3.8) is 0 Å². The third-order valence-corrected chi connectivity index (χ3v) is 6.37. The Morgan fingerprint density at radius 3 is 2.62 bits per heavy atom. The molecule has 6 heteroatoms. The van der Waals surface area contributed by atoms with Gasteiger partial charge in [0.15, 0.2) is 0 Å². The van der Waals surface area contributed by atoms with Gasteiger partial charge < -0.3 is 14.6 Å². The molecule has 3 aromatic carbocycles. The van der Waals surface area contributed by atoms with Gasteiger partial charge in [0.2, 0.25) is 5.56 Å². The fourth-order valence-corrected chi connectivity index (χ4v) is 4.64. The van der Waals surface area contributed by atoms with Gasteiger partial charge in [-0.2, -0.15) is 0 Å². The van der Waals surface area contributed by atoms with Crippen molar-refractivity contribution in [3.8, 4) is 5.75 Å². The van der Waals surface area contributed by atoms with Crippen molar-refractivity contribution < 1.29 is 9.13 Å². The van der Waals surface area contributed by atoms with Crippen LogP contribution in [0.5, 0.6) is 5.75 Å². The highest BCUT2D eigenvalue weighted by molar-refractivity contribution is 5.95. The molecule has 0 unspecified atom stereocenters. The molecule has 5 rings (SSSR count). The molecule has 0 spiro atoms. The van der Waals surface area contributed by atoms with Crippen molar-refractivity contribution in [1.29, 1.82) is 0 Å². The number of aromatic amines is 1. The number of benzene rings is 3. The fourth-order valence-electron chi connectivity index (χ4n) is 4.64. The maximum Gasteiger partial charge on any atom is 0.248 e. The minimum Gasteiger partial charge on any atom is -0.497 e. The Morgan fingerprint density at radius 1 is 0.969 bits per heavy atom. The highest BCUT2D eigenvalue weighted by atomic mass is 19.1. The Bertz CT molecular complexity index is 1330. The van der Waals surface area contributed by atoms with Gasteiger partial charge in [-0.15, -0.1) is 0 Å². The van der Waals surface area contributed by atoms with Crippen LogP contribution < -0.4 is 15.2 Å². The summed E-state index contributed by atoms with van der Waals surface area (Å²) in [5, 5.41) is 3.33. The van der Waals surface area contributed by atoms with Crippen molar-refractivity contribution in [2.75, 3.05) is 44.7 Å². The normalized spacial score (nSPS) is 14.9. The maximum absolute atomic E-state index is 13.6. The van der Waals surface area contributed by atoms with Crippen molar-refractivity contribution in [2.45, 2.75) is 6.42 Å². The van der Waals surface area contributed by atoms with Gasteiger partial charge in [-0.25, -0.2) is 4.39 Å². The molecule has 5 nitrogen and oxygen atoms in total. The number of anilines is 1. The largest absolute Gasteiger partial charge is 0.497 e. The third kappa shape index (κ3) is 4.06. The Kier molecular flexibility index (Phi) is 5.53. The minimum atomic E-state index is -0.340. The number of piperazine rings is 1. The van der Waals surface area contributed by atoms with Crippen LogP contribution in [-0.4, -0.2) is 49.7 Å². The lowest BCUT2D eigenvalue weighted by Gasteiger charge is -2.36. The molecule has 1 saturated heterocycles. The number of rotatable bonds is 5. The van der Waals surface area contributed by atoms with Gasteiger partial charge >= 0.3 is 0 Å². The van der Waals surface area contributed by atoms with Gasteiger partial charge in [-0.3, -0.25) is 9.69 Å². The van der Waals surface area contributed by atoms with Crippen LogP contribution in [0.4, 0.5) is 10.1 Å². The number of H-pyrrole nitrogens is 1. The Morgan fingerprint density at radius 2 is 1.81 bits per heavy atom. The van der Waals surface area contributed by atoms with Gasteiger partial charge in [-0.05, 0) is 53.8 Å². The molecule has 0 aliphatic carbocycles. The van der Waals surface area contributed by atoms with Gasteiger partial charge in [0, 0.05) is 55.2 Å². The van der Waals surface area contributed by atoms with E-state index < -0.39 is 0 Å². The molecule has 1 fully saturated rings. The summed E-state index contributed by atoms with van der Waals surface area (Å²) >= 11 is 0. The van der Waals surface area contributed by atoms with E-state index in [1.807, 2.05) is 6.07 Å². The first-order chi connectivity index (χ1) is 15.6. The molecule has 1 aliphatic heterocycles. The zero-order valence-corrected chi connectivity index (χ0v) is 18.1. The van der Waals surface area contributed by atoms with E-state index >= 15 is 0 Å². The minimum absolute atomic E-state index is 0.186. The topological polar surface area (TPSA) is 48.6 Å². The molecule has 0 bridgehead atoms. The third-order valence-electron chi connectivity index (χ3n) is 6.37. The average Bonchev–Trinajstić information content (AvgIpc) is 2.81. The number of nitrogens with zero attached hydrogens (tertiary/aromatic N) is 2. The number of fused-ring (bicyclic) bond motifs is 2. The number of hydrogen-bond donors (Lipinski definition) is 1. The van der Waals surface area contributed by atoms with Crippen LogP contribution in [0, 0.1) is 5.82 Å². The fraction of sp³-hybridized carbons (Fsp3) is 0.269. The number of halogens is 1. The van der Waals surface area contributed by atoms with E-state index in [-0.39, 0.29) is 11.4 Å². The summed E-state index contributed by atoms with van der Waals surface area (Å²) in [6, 6.07) is 18.9. The maximum atomic E-state index is 13.6. The van der Waals surface area contributed by atoms with Crippen LogP contribution >= 0.6 is 0 Å². The van der Waals surface area contributed by atoms with Gasteiger partial charge in [0.25, 0.3) is 0 Å². The summed E-state index contributed by atoms with van der Waals surface area (Å²) in [7, 11) is 1.70. The molecular weight excluding hydrogens is 405 g/mol. The first kappa shape index (κ1) is 20.5. The molecule has 4 aromatic rings. The number of nitrogens with one attached hydrogen (secondary N) is 1. The Labute approximate surface area is 186 Å². The highest BCUT2D eigenvalue weighted by Crippen LogP contribution is 2.30. The SMILES string of the molecule is COc1ccc2cccc(N3CCN(CCc4cc(=O)[nH]c5cc(F)ccc45)CC3)c2c1. The molecule has 164 valence electrons. The lowest BCUT2D eigenvalue weighted by molar-refractivity contribution is 0.261. The molecule has 0 amide bonds. The number of methoxy groups -OCH3 is 1. The first-order valence-corrected chi connectivity index (χ1v) is 11.0. The standard InChI is InChI=1S/C26H26FN3O2/c1-32-21-7-5-18-3-2-4-25(23(18)17-21)30-13-11-29(12-14-30)10-9-19-15-26(31)28-24-16-20(27)6-8-22(19)24/h2-8,15-17H,9-14H2,1H3,(H,28,31). The summed E-state index contributed by atoms with van der Waals surface area (Å²) in [5.74, 6) is 0.529. The number of pyridine rings is 1. The van der Waals surface area contributed by atoms with Crippen LogP contribution in [0.3, 0.4) is 0 Å². The molecule has 1 N–H and O–H groups in total. The molecule has 0 radical (unpaired) electrons. The molecular formula is C26H26FN3O2. The van der Waals surface area contributed by atoms with Crippen LogP contribution in [0.15, 0.2) is 65.5 Å². The second-order valence-electron chi connectivity index (χ2n) is 8.29. The lowest BCUT2D eigenvalue weighted by atomic mass is 10.1. The van der Waals surface area contributed by atoms with E-state index in [0.717, 1.165) is 55.8 Å². The molecule has 1 aliphatic rings. The second kappa shape index (κ2) is 8.63. The molecule has 32 heavy (non-hydrogen) atoms. The van der Waals surface area contributed by atoms with E-state index in [9.17, 15) is 9.18 Å². The van der Waals surface area contributed by atoms with E-state index in [4.69, 9.17) is 4.74 Å². The summed E-state index contributed by atoms with van der Waals surface area (Å²) < 4.78 is 19.0. The van der Waals surface area contributed by atoms with Crippen LogP contribution in [0.2, 0.25) is 0 Å². The van der Waals surface area contributed by atoms with E-state index in [1.54, 1.807) is 19.2 Å². The first-order valence-electron chi connectivity index (χ1n) is 11.0. The van der Waals surface area contributed by atoms with Crippen LogP contribution in [-0.2, 0) is 6.42 Å². The van der Waals surface area contributed by atoms with E-state index in [0.29, 0.717) is 5.52 Å². The summed E-state index contributed by atoms with van der Waals surface area (Å²) in [6.45, 7) is 4.66. The number of aromatic nitrogens is 1.